The van der Waals surface area contributed by atoms with Crippen LogP contribution >= 0.6 is 0 Å². The van der Waals surface area contributed by atoms with E-state index in [0.717, 1.165) is 4.31 Å². The van der Waals surface area contributed by atoms with Gasteiger partial charge in [-0.25, -0.2) is 8.42 Å². The molecule has 0 spiro atoms. The zero-order valence-electron chi connectivity index (χ0n) is 14.3. The predicted octanol–water partition coefficient (Wildman–Crippen LogP) is 1.29. The quantitative estimate of drug-likeness (QED) is 0.846. The maximum atomic E-state index is 13.3. The third-order valence-electron chi connectivity index (χ3n) is 4.36. The average Bonchev–Trinajstić information content (AvgIpc) is 2.91. The van der Waals surface area contributed by atoms with Crippen LogP contribution in [0.2, 0.25) is 0 Å². The van der Waals surface area contributed by atoms with E-state index in [-0.39, 0.29) is 17.2 Å². The number of hydrogen-bond acceptors (Lipinski definition) is 6. The van der Waals surface area contributed by atoms with Gasteiger partial charge in [-0.1, -0.05) is 12.1 Å². The van der Waals surface area contributed by atoms with Crippen molar-refractivity contribution in [1.29, 1.82) is 0 Å². The monoisotopic (exact) mass is 390 g/mol. The lowest BCUT2D eigenvalue weighted by molar-refractivity contribution is -0.124. The second-order valence-corrected chi connectivity index (χ2v) is 8.03. The molecule has 4 rings (SSSR count). The van der Waals surface area contributed by atoms with E-state index in [2.05, 4.69) is 0 Å². The summed E-state index contributed by atoms with van der Waals surface area (Å²) in [5.74, 6) is 0.430. The number of hydrogen-bond donors (Lipinski definition) is 1. The van der Waals surface area contributed by atoms with Crippen LogP contribution in [0.5, 0.6) is 17.2 Å². The second-order valence-electron chi connectivity index (χ2n) is 6.17. The van der Waals surface area contributed by atoms with Crippen LogP contribution in [0, 0.1) is 0 Å². The van der Waals surface area contributed by atoms with Gasteiger partial charge >= 0.3 is 0 Å². The number of carbonyl (C=O) groups excluding carboxylic acids is 1. The zero-order valence-corrected chi connectivity index (χ0v) is 15.1. The first-order valence-electron chi connectivity index (χ1n) is 8.44. The Hall–Kier alpha value is -2.94. The summed E-state index contributed by atoms with van der Waals surface area (Å²) in [6.07, 6.45) is -0.358. The number of sulfonamides is 1. The number of rotatable bonds is 3. The molecule has 0 radical (unpaired) electrons. The molecular formula is C18H18N2O6S. The van der Waals surface area contributed by atoms with Crippen LogP contribution in [0.4, 0.5) is 5.69 Å². The summed E-state index contributed by atoms with van der Waals surface area (Å²) >= 11 is 0. The zero-order chi connectivity index (χ0) is 19.0. The van der Waals surface area contributed by atoms with Crippen LogP contribution in [0.1, 0.15) is 6.42 Å². The average molecular weight is 390 g/mol. The minimum absolute atomic E-state index is 0.0340. The Morgan fingerprint density at radius 2 is 1.78 bits per heavy atom. The van der Waals surface area contributed by atoms with E-state index < -0.39 is 22.0 Å². The Labute approximate surface area is 156 Å². The van der Waals surface area contributed by atoms with Crippen molar-refractivity contribution in [3.63, 3.8) is 0 Å². The molecule has 0 unspecified atom stereocenters. The summed E-state index contributed by atoms with van der Waals surface area (Å²) in [5, 5.41) is 0. The molecule has 1 atom stereocenters. The van der Waals surface area contributed by atoms with Crippen LogP contribution < -0.4 is 24.2 Å². The molecule has 2 aliphatic rings. The van der Waals surface area contributed by atoms with Crippen molar-refractivity contribution in [3.8, 4) is 17.2 Å². The van der Waals surface area contributed by atoms with Gasteiger partial charge in [-0.05, 0) is 24.3 Å². The molecule has 1 amide bonds. The molecule has 0 saturated carbocycles. The van der Waals surface area contributed by atoms with Gasteiger partial charge < -0.3 is 19.9 Å². The van der Waals surface area contributed by atoms with E-state index in [1.807, 2.05) is 0 Å². The third-order valence-corrected chi connectivity index (χ3v) is 6.13. The number of para-hydroxylation sites is 2. The Balaban J connectivity index is 1.77. The first-order valence-corrected chi connectivity index (χ1v) is 9.88. The standard InChI is InChI=1S/C18H18N2O6S/c19-18(21)17-11-20(13-4-1-2-5-14(13)26-17)27(22,23)12-6-7-15-16(10-12)25-9-3-8-24-15/h1-2,4-7,10,17H,3,8-9,11H2,(H2,19,21)/t17-/m1/s1. The van der Waals surface area contributed by atoms with E-state index in [1.165, 1.54) is 12.1 Å². The van der Waals surface area contributed by atoms with Crippen molar-refractivity contribution < 1.29 is 27.4 Å². The largest absolute Gasteiger partial charge is 0.490 e. The van der Waals surface area contributed by atoms with Gasteiger partial charge in [-0.2, -0.15) is 0 Å². The van der Waals surface area contributed by atoms with Crippen molar-refractivity contribution >= 4 is 21.6 Å². The predicted molar refractivity (Wildman–Crippen MR) is 96.6 cm³/mol. The number of fused-ring (bicyclic) bond motifs is 2. The van der Waals surface area contributed by atoms with Crippen LogP contribution in [0.15, 0.2) is 47.4 Å². The van der Waals surface area contributed by atoms with Gasteiger partial charge in [-0.15, -0.1) is 0 Å². The van der Waals surface area contributed by atoms with Gasteiger partial charge in [0.1, 0.15) is 5.75 Å². The highest BCUT2D eigenvalue weighted by atomic mass is 32.2. The molecule has 2 N–H and O–H groups in total. The maximum absolute atomic E-state index is 13.3. The van der Waals surface area contributed by atoms with Gasteiger partial charge in [0.15, 0.2) is 17.6 Å². The fourth-order valence-corrected chi connectivity index (χ4v) is 4.50. The molecule has 0 fully saturated rings. The lowest BCUT2D eigenvalue weighted by Gasteiger charge is -2.34. The van der Waals surface area contributed by atoms with Crippen LogP contribution in [-0.2, 0) is 14.8 Å². The minimum Gasteiger partial charge on any atom is -0.490 e. The molecule has 0 bridgehead atoms. The van der Waals surface area contributed by atoms with Gasteiger partial charge in [0.2, 0.25) is 0 Å². The summed E-state index contributed by atoms with van der Waals surface area (Å²) in [5.41, 5.74) is 5.70. The first kappa shape index (κ1) is 17.5. The molecule has 0 aliphatic carbocycles. The van der Waals surface area contributed by atoms with Crippen LogP contribution in [-0.4, -0.2) is 40.2 Å². The number of carbonyl (C=O) groups is 1. The number of primary amides is 1. The summed E-state index contributed by atoms with van der Waals surface area (Å²) in [4.78, 5) is 11.7. The normalized spacial score (nSPS) is 18.8. The lowest BCUT2D eigenvalue weighted by atomic mass is 10.2. The van der Waals surface area contributed by atoms with E-state index in [1.54, 1.807) is 30.3 Å². The number of anilines is 1. The highest BCUT2D eigenvalue weighted by Gasteiger charge is 2.37. The molecular weight excluding hydrogens is 372 g/mol. The molecule has 2 aromatic rings. The fourth-order valence-electron chi connectivity index (χ4n) is 3.01. The SMILES string of the molecule is NC(=O)[C@H]1CN(S(=O)(=O)c2ccc3c(c2)OCCCO3)c2ccccc2O1. The Bertz CT molecular complexity index is 991. The number of ether oxygens (including phenoxy) is 3. The third kappa shape index (κ3) is 3.14. The lowest BCUT2D eigenvalue weighted by Crippen LogP contribution is -2.49. The molecule has 142 valence electrons. The minimum atomic E-state index is -3.98. The Kier molecular flexibility index (Phi) is 4.31. The molecule has 2 aliphatic heterocycles. The number of benzene rings is 2. The molecule has 0 aromatic heterocycles. The summed E-state index contributed by atoms with van der Waals surface area (Å²) < 4.78 is 44.4. The van der Waals surface area contributed by atoms with Crippen molar-refractivity contribution in [3.05, 3.63) is 42.5 Å². The number of amides is 1. The van der Waals surface area contributed by atoms with Crippen molar-refractivity contribution in [2.75, 3.05) is 24.1 Å². The second kappa shape index (κ2) is 6.66. The van der Waals surface area contributed by atoms with Gasteiger partial charge in [0.05, 0.1) is 30.3 Å². The smallest absolute Gasteiger partial charge is 0.264 e. The molecule has 0 saturated heterocycles. The van der Waals surface area contributed by atoms with E-state index >= 15 is 0 Å². The summed E-state index contributed by atoms with van der Waals surface area (Å²) in [6.45, 7) is 0.750. The molecule has 2 aromatic carbocycles. The van der Waals surface area contributed by atoms with Crippen LogP contribution in [0.3, 0.4) is 0 Å². The topological polar surface area (TPSA) is 108 Å². The Morgan fingerprint density at radius 3 is 2.56 bits per heavy atom. The maximum Gasteiger partial charge on any atom is 0.264 e. The highest BCUT2D eigenvalue weighted by Crippen LogP contribution is 2.38. The molecule has 27 heavy (non-hydrogen) atoms. The van der Waals surface area contributed by atoms with Gasteiger partial charge in [-0.3, -0.25) is 9.10 Å². The molecule has 2 heterocycles. The van der Waals surface area contributed by atoms with Crippen molar-refractivity contribution in [2.24, 2.45) is 5.73 Å². The molecule has 9 heteroatoms. The first-order chi connectivity index (χ1) is 13.0. The van der Waals surface area contributed by atoms with Crippen LogP contribution in [0.25, 0.3) is 0 Å². The summed E-state index contributed by atoms with van der Waals surface area (Å²) in [6, 6.07) is 11.1. The van der Waals surface area contributed by atoms with E-state index in [9.17, 15) is 13.2 Å². The fraction of sp³-hybridized carbons (Fsp3) is 0.278. The van der Waals surface area contributed by atoms with Crippen molar-refractivity contribution in [1.82, 2.24) is 0 Å². The summed E-state index contributed by atoms with van der Waals surface area (Å²) in [7, 11) is -3.98. The van der Waals surface area contributed by atoms with E-state index in [0.29, 0.717) is 36.8 Å². The van der Waals surface area contributed by atoms with Crippen molar-refractivity contribution in [2.45, 2.75) is 17.4 Å². The number of nitrogens with zero attached hydrogens (tertiary/aromatic N) is 1. The highest BCUT2D eigenvalue weighted by molar-refractivity contribution is 7.92. The molecule has 8 nitrogen and oxygen atoms in total. The van der Waals surface area contributed by atoms with Gasteiger partial charge in [0, 0.05) is 12.5 Å². The Morgan fingerprint density at radius 1 is 1.04 bits per heavy atom. The van der Waals surface area contributed by atoms with Gasteiger partial charge in [0.25, 0.3) is 15.9 Å². The number of nitrogens with two attached hydrogens (primary N) is 1. The van der Waals surface area contributed by atoms with E-state index in [4.69, 9.17) is 19.9 Å².